The number of aromatic nitrogens is 1. The lowest BCUT2D eigenvalue weighted by Gasteiger charge is -2.18. The molecule has 0 atom stereocenters. The summed E-state index contributed by atoms with van der Waals surface area (Å²) in [7, 11) is 1.42. The standard InChI is InChI=1S/C12H20N2O2S/c1-5-6-14(8-12(15)16-4)7-11-13-9(2)10(3)17-11/h5-8H2,1-4H3. The highest BCUT2D eigenvalue weighted by molar-refractivity contribution is 7.11. The molecule has 0 aliphatic rings. The van der Waals surface area contributed by atoms with Crippen LogP contribution in [0.4, 0.5) is 0 Å². The Labute approximate surface area is 107 Å². The number of hydrogen-bond donors (Lipinski definition) is 0. The van der Waals surface area contributed by atoms with Crippen molar-refractivity contribution in [2.45, 2.75) is 33.7 Å². The van der Waals surface area contributed by atoms with Gasteiger partial charge in [0.25, 0.3) is 0 Å². The van der Waals surface area contributed by atoms with Crippen molar-refractivity contribution in [3.63, 3.8) is 0 Å². The quantitative estimate of drug-likeness (QED) is 0.731. The highest BCUT2D eigenvalue weighted by atomic mass is 32.1. The van der Waals surface area contributed by atoms with Crippen LogP contribution in [-0.2, 0) is 16.1 Å². The first-order valence-corrected chi connectivity index (χ1v) is 6.60. The average Bonchev–Trinajstić information content (AvgIpc) is 2.58. The highest BCUT2D eigenvalue weighted by Gasteiger charge is 2.13. The number of ether oxygens (including phenoxy) is 1. The van der Waals surface area contributed by atoms with Crippen molar-refractivity contribution in [3.8, 4) is 0 Å². The molecule has 0 fully saturated rings. The summed E-state index contributed by atoms with van der Waals surface area (Å²) in [6.45, 7) is 8.13. The maximum atomic E-state index is 11.3. The number of thiazole rings is 1. The lowest BCUT2D eigenvalue weighted by atomic mass is 10.4. The van der Waals surface area contributed by atoms with Gasteiger partial charge in [-0.2, -0.15) is 0 Å². The molecular weight excluding hydrogens is 236 g/mol. The second-order valence-corrected chi connectivity index (χ2v) is 5.32. The number of carbonyl (C=O) groups excluding carboxylic acids is 1. The number of rotatable bonds is 6. The summed E-state index contributed by atoms with van der Waals surface area (Å²) >= 11 is 1.70. The van der Waals surface area contributed by atoms with Crippen LogP contribution in [0.25, 0.3) is 0 Å². The van der Waals surface area contributed by atoms with Crippen molar-refractivity contribution >= 4 is 17.3 Å². The van der Waals surface area contributed by atoms with Crippen LogP contribution in [0.2, 0.25) is 0 Å². The summed E-state index contributed by atoms with van der Waals surface area (Å²) in [5.74, 6) is -0.191. The third kappa shape index (κ3) is 4.44. The molecule has 0 unspecified atom stereocenters. The molecule has 96 valence electrons. The van der Waals surface area contributed by atoms with E-state index in [2.05, 4.69) is 23.7 Å². The van der Waals surface area contributed by atoms with E-state index in [4.69, 9.17) is 4.74 Å². The average molecular weight is 256 g/mol. The fourth-order valence-electron chi connectivity index (χ4n) is 1.58. The largest absolute Gasteiger partial charge is 0.468 e. The number of carbonyl (C=O) groups is 1. The highest BCUT2D eigenvalue weighted by Crippen LogP contribution is 2.18. The molecule has 0 saturated heterocycles. The smallest absolute Gasteiger partial charge is 0.319 e. The van der Waals surface area contributed by atoms with Crippen molar-refractivity contribution in [1.82, 2.24) is 9.88 Å². The van der Waals surface area contributed by atoms with Crippen molar-refractivity contribution in [2.24, 2.45) is 0 Å². The van der Waals surface area contributed by atoms with E-state index in [9.17, 15) is 4.79 Å². The third-order valence-electron chi connectivity index (χ3n) is 2.55. The number of nitrogens with zero attached hydrogens (tertiary/aromatic N) is 2. The molecule has 0 amide bonds. The Balaban J connectivity index is 2.62. The molecule has 0 N–H and O–H groups in total. The Hall–Kier alpha value is -0.940. The Morgan fingerprint density at radius 2 is 2.18 bits per heavy atom. The maximum Gasteiger partial charge on any atom is 0.319 e. The summed E-state index contributed by atoms with van der Waals surface area (Å²) in [5, 5.41) is 1.07. The minimum atomic E-state index is -0.191. The third-order valence-corrected chi connectivity index (χ3v) is 3.61. The molecule has 17 heavy (non-hydrogen) atoms. The lowest BCUT2D eigenvalue weighted by Crippen LogP contribution is -2.30. The zero-order valence-corrected chi connectivity index (χ0v) is 11.8. The van der Waals surface area contributed by atoms with E-state index in [1.807, 2.05) is 6.92 Å². The van der Waals surface area contributed by atoms with Crippen LogP contribution in [0.3, 0.4) is 0 Å². The summed E-state index contributed by atoms with van der Waals surface area (Å²) in [4.78, 5) is 19.1. The first-order valence-electron chi connectivity index (χ1n) is 5.78. The molecule has 1 aromatic heterocycles. The van der Waals surface area contributed by atoms with Gasteiger partial charge in [-0.15, -0.1) is 11.3 Å². The molecule has 1 aromatic rings. The van der Waals surface area contributed by atoms with Crippen LogP contribution in [0.5, 0.6) is 0 Å². The lowest BCUT2D eigenvalue weighted by molar-refractivity contribution is -0.142. The minimum absolute atomic E-state index is 0.191. The second-order valence-electron chi connectivity index (χ2n) is 4.04. The Kier molecular flexibility index (Phi) is 5.58. The number of aryl methyl sites for hydroxylation is 2. The Morgan fingerprint density at radius 1 is 1.47 bits per heavy atom. The van der Waals surface area contributed by atoms with Crippen molar-refractivity contribution < 1.29 is 9.53 Å². The maximum absolute atomic E-state index is 11.3. The van der Waals surface area contributed by atoms with Crippen molar-refractivity contribution in [1.29, 1.82) is 0 Å². The summed E-state index contributed by atoms with van der Waals surface area (Å²) in [6, 6.07) is 0. The van der Waals surface area contributed by atoms with Crippen LogP contribution in [0, 0.1) is 13.8 Å². The van der Waals surface area contributed by atoms with Crippen LogP contribution >= 0.6 is 11.3 Å². The Bertz CT molecular complexity index is 357. The predicted molar refractivity (Wildman–Crippen MR) is 69.2 cm³/mol. The van der Waals surface area contributed by atoms with Gasteiger partial charge in [-0.3, -0.25) is 9.69 Å². The molecule has 0 spiro atoms. The van der Waals surface area contributed by atoms with E-state index >= 15 is 0 Å². The normalized spacial score (nSPS) is 10.9. The second kappa shape index (κ2) is 6.71. The SMILES string of the molecule is CCCN(CC(=O)OC)Cc1nc(C)c(C)s1. The van der Waals surface area contributed by atoms with Crippen LogP contribution in [-0.4, -0.2) is 36.1 Å². The number of methoxy groups -OCH3 is 1. The molecule has 1 rings (SSSR count). The van der Waals surface area contributed by atoms with Gasteiger partial charge in [-0.05, 0) is 26.8 Å². The van der Waals surface area contributed by atoms with Gasteiger partial charge in [0.05, 0.1) is 25.9 Å². The zero-order chi connectivity index (χ0) is 12.8. The van der Waals surface area contributed by atoms with Gasteiger partial charge >= 0.3 is 5.97 Å². The summed E-state index contributed by atoms with van der Waals surface area (Å²) in [6.07, 6.45) is 1.01. The number of esters is 1. The molecule has 0 aliphatic heterocycles. The first kappa shape index (κ1) is 14.1. The van der Waals surface area contributed by atoms with E-state index in [1.165, 1.54) is 12.0 Å². The van der Waals surface area contributed by atoms with Crippen LogP contribution < -0.4 is 0 Å². The molecule has 5 heteroatoms. The minimum Gasteiger partial charge on any atom is -0.468 e. The first-order chi connectivity index (χ1) is 8.06. The van der Waals surface area contributed by atoms with Gasteiger partial charge < -0.3 is 4.74 Å². The molecular formula is C12H20N2O2S. The Morgan fingerprint density at radius 3 is 2.65 bits per heavy atom. The fraction of sp³-hybridized carbons (Fsp3) is 0.667. The molecule has 0 aliphatic carbocycles. The monoisotopic (exact) mass is 256 g/mol. The zero-order valence-electron chi connectivity index (χ0n) is 10.9. The molecule has 4 nitrogen and oxygen atoms in total. The van der Waals surface area contributed by atoms with E-state index in [1.54, 1.807) is 11.3 Å². The number of hydrogen-bond acceptors (Lipinski definition) is 5. The van der Waals surface area contributed by atoms with Gasteiger partial charge in [0, 0.05) is 4.88 Å². The molecule has 1 heterocycles. The fourth-order valence-corrected chi connectivity index (χ4v) is 2.55. The molecule has 0 bridgehead atoms. The van der Waals surface area contributed by atoms with E-state index in [0.717, 1.165) is 30.2 Å². The van der Waals surface area contributed by atoms with Crippen LogP contribution in [0.15, 0.2) is 0 Å². The molecule has 0 saturated carbocycles. The van der Waals surface area contributed by atoms with Crippen molar-refractivity contribution in [2.75, 3.05) is 20.2 Å². The molecule has 0 radical (unpaired) electrons. The van der Waals surface area contributed by atoms with Gasteiger partial charge in [0.2, 0.25) is 0 Å². The van der Waals surface area contributed by atoms with E-state index < -0.39 is 0 Å². The summed E-state index contributed by atoms with van der Waals surface area (Å²) in [5.41, 5.74) is 1.08. The van der Waals surface area contributed by atoms with E-state index in [-0.39, 0.29) is 5.97 Å². The van der Waals surface area contributed by atoms with Gasteiger partial charge in [-0.25, -0.2) is 4.98 Å². The van der Waals surface area contributed by atoms with Gasteiger partial charge in [0.1, 0.15) is 5.01 Å². The van der Waals surface area contributed by atoms with E-state index in [0.29, 0.717) is 6.54 Å². The van der Waals surface area contributed by atoms with Gasteiger partial charge in [-0.1, -0.05) is 6.92 Å². The van der Waals surface area contributed by atoms with Gasteiger partial charge in [0.15, 0.2) is 0 Å². The van der Waals surface area contributed by atoms with Crippen LogP contribution in [0.1, 0.15) is 28.9 Å². The topological polar surface area (TPSA) is 42.4 Å². The molecule has 0 aromatic carbocycles. The van der Waals surface area contributed by atoms with Crippen molar-refractivity contribution in [3.05, 3.63) is 15.6 Å². The predicted octanol–water partition coefficient (Wildman–Crippen LogP) is 2.14. The summed E-state index contributed by atoms with van der Waals surface area (Å²) < 4.78 is 4.70.